The monoisotopic (exact) mass is 827 g/mol. The minimum absolute atomic E-state index is 0.0173. The van der Waals surface area contributed by atoms with Gasteiger partial charge in [-0.2, -0.15) is 0 Å². The highest BCUT2D eigenvalue weighted by Gasteiger charge is 2.51. The third kappa shape index (κ3) is 5.19. The van der Waals surface area contributed by atoms with Crippen LogP contribution in [0.4, 0.5) is 17.1 Å². The van der Waals surface area contributed by atoms with Crippen molar-refractivity contribution in [2.24, 2.45) is 0 Å². The van der Waals surface area contributed by atoms with E-state index in [1.807, 2.05) is 11.3 Å². The van der Waals surface area contributed by atoms with Crippen molar-refractivity contribution in [3.63, 3.8) is 0 Å². The van der Waals surface area contributed by atoms with Crippen LogP contribution in [0.2, 0.25) is 0 Å². The van der Waals surface area contributed by atoms with Gasteiger partial charge in [0.2, 0.25) is 0 Å². The molecule has 2 aliphatic rings. The van der Waals surface area contributed by atoms with Gasteiger partial charge in [0.25, 0.3) is 0 Å². The minimum Gasteiger partial charge on any atom is -0.457 e. The lowest BCUT2D eigenvalue weighted by Gasteiger charge is -2.40. The fourth-order valence-electron chi connectivity index (χ4n) is 10.7. The fourth-order valence-corrected chi connectivity index (χ4v) is 11.8. The number of benzene rings is 9. The van der Waals surface area contributed by atoms with Gasteiger partial charge in [-0.25, -0.2) is 0 Å². The van der Waals surface area contributed by atoms with Gasteiger partial charge in [-0.05, 0) is 111 Å². The summed E-state index contributed by atoms with van der Waals surface area (Å²) in [6.07, 6.45) is 0. The zero-order chi connectivity index (χ0) is 42.0. The summed E-state index contributed by atoms with van der Waals surface area (Å²) < 4.78 is 16.2. The Hall–Kier alpha value is -7.40. The van der Waals surface area contributed by atoms with Gasteiger partial charge in [0.1, 0.15) is 22.7 Å². The van der Waals surface area contributed by atoms with Crippen molar-refractivity contribution in [1.82, 2.24) is 0 Å². The summed E-state index contributed by atoms with van der Waals surface area (Å²) in [5.41, 5.74) is 15.3. The average molecular weight is 828 g/mol. The van der Waals surface area contributed by atoms with Crippen molar-refractivity contribution in [1.29, 1.82) is 0 Å². The molecule has 0 radical (unpaired) electrons. The largest absolute Gasteiger partial charge is 0.457 e. The molecule has 0 saturated heterocycles. The van der Waals surface area contributed by atoms with E-state index in [0.717, 1.165) is 61.6 Å². The average Bonchev–Trinajstić information content (AvgIpc) is 3.98. The Kier molecular flexibility index (Phi) is 7.66. The first-order valence-corrected chi connectivity index (χ1v) is 22.6. The normalized spacial score (nSPS) is 13.6. The second-order valence-corrected chi connectivity index (χ2v) is 19.1. The van der Waals surface area contributed by atoms with Crippen LogP contribution in [0.15, 0.2) is 199 Å². The summed E-state index contributed by atoms with van der Waals surface area (Å²) in [5, 5.41) is 4.69. The van der Waals surface area contributed by atoms with Crippen LogP contribution in [0.25, 0.3) is 64.4 Å². The Morgan fingerprint density at radius 2 is 1.13 bits per heavy atom. The van der Waals surface area contributed by atoms with Crippen LogP contribution in [0.3, 0.4) is 0 Å². The molecule has 11 aromatic rings. The second kappa shape index (κ2) is 13.3. The summed E-state index contributed by atoms with van der Waals surface area (Å²) in [6, 6.07) is 71.0. The lowest BCUT2D eigenvalue weighted by molar-refractivity contribution is 0.436. The predicted octanol–water partition coefficient (Wildman–Crippen LogP) is 16.9. The van der Waals surface area contributed by atoms with Crippen LogP contribution >= 0.6 is 11.3 Å². The Morgan fingerprint density at radius 1 is 0.460 bits per heavy atom. The van der Waals surface area contributed by atoms with E-state index in [0.29, 0.717) is 0 Å². The number of rotatable bonds is 4. The maximum absolute atomic E-state index is 6.91. The SMILES string of the molecule is CC(C)(C)c1ccc2c(c1)oc1cccc(N(c3ccc4c(c3)C3(c5ccccc5O4)c4ccccc4-c4ccccc43)c3ccc4sc5cccc(-c6ccccc6)c5c4c3)c12. The highest BCUT2D eigenvalue weighted by atomic mass is 32.1. The van der Waals surface area contributed by atoms with E-state index in [9.17, 15) is 0 Å². The number of hydrogen-bond acceptors (Lipinski definition) is 4. The molecular formula is C59H41NO2S. The van der Waals surface area contributed by atoms with Gasteiger partial charge < -0.3 is 14.1 Å². The molecule has 13 rings (SSSR count). The van der Waals surface area contributed by atoms with Crippen LogP contribution in [0.5, 0.6) is 11.5 Å². The van der Waals surface area contributed by atoms with Gasteiger partial charge >= 0.3 is 0 Å². The number of para-hydroxylation sites is 1. The van der Waals surface area contributed by atoms with E-state index < -0.39 is 5.41 Å². The van der Waals surface area contributed by atoms with Gasteiger partial charge in [0.05, 0.1) is 16.5 Å². The fraction of sp³-hybridized carbons (Fsp3) is 0.0847. The third-order valence-electron chi connectivity index (χ3n) is 13.5. The molecular weight excluding hydrogens is 787 g/mol. The molecule has 300 valence electrons. The molecule has 0 fully saturated rings. The third-order valence-corrected chi connectivity index (χ3v) is 14.6. The van der Waals surface area contributed by atoms with Gasteiger partial charge in [0.15, 0.2) is 0 Å². The summed E-state index contributed by atoms with van der Waals surface area (Å²) >= 11 is 1.85. The molecule has 63 heavy (non-hydrogen) atoms. The molecule has 0 N–H and O–H groups in total. The molecule has 0 amide bonds. The summed E-state index contributed by atoms with van der Waals surface area (Å²) in [7, 11) is 0. The van der Waals surface area contributed by atoms with Crippen molar-refractivity contribution in [2.75, 3.05) is 4.90 Å². The topological polar surface area (TPSA) is 25.6 Å². The Morgan fingerprint density at radius 3 is 1.92 bits per heavy atom. The van der Waals surface area contributed by atoms with Gasteiger partial charge in [0, 0.05) is 48.1 Å². The lowest BCUT2D eigenvalue weighted by atomic mass is 9.66. The highest BCUT2D eigenvalue weighted by Crippen LogP contribution is 2.63. The molecule has 3 heterocycles. The first-order chi connectivity index (χ1) is 30.9. The molecule has 0 bridgehead atoms. The molecule has 0 unspecified atom stereocenters. The maximum Gasteiger partial charge on any atom is 0.137 e. The summed E-state index contributed by atoms with van der Waals surface area (Å²) in [5.74, 6) is 1.74. The molecule has 1 aliphatic heterocycles. The zero-order valence-corrected chi connectivity index (χ0v) is 36.0. The van der Waals surface area contributed by atoms with Crippen LogP contribution in [0, 0.1) is 0 Å². The standard InChI is InChI=1S/C59H41NO2S/c1-58(2,3)37-27-30-43-53(33-37)62-52-25-14-23-49(57(43)52)60(38-29-32-54-44(34-38)56-40(19-13-26-55(56)63-54)36-15-5-4-6-16-36)39-28-31-51-48(35-39)59(47-22-11-12-24-50(47)61-51)45-20-9-7-17-41(45)42-18-8-10-21-46(42)59/h4-35H,1-3H3. The van der Waals surface area contributed by atoms with E-state index in [-0.39, 0.29) is 5.41 Å². The second-order valence-electron chi connectivity index (χ2n) is 18.0. The minimum atomic E-state index is -0.602. The Balaban J connectivity index is 1.11. The van der Waals surface area contributed by atoms with Crippen LogP contribution in [-0.2, 0) is 10.8 Å². The van der Waals surface area contributed by atoms with E-state index >= 15 is 0 Å². The molecule has 1 spiro atoms. The van der Waals surface area contributed by atoms with Crippen LogP contribution in [0.1, 0.15) is 48.6 Å². The molecule has 2 aromatic heterocycles. The lowest BCUT2D eigenvalue weighted by Crippen LogP contribution is -2.32. The highest BCUT2D eigenvalue weighted by molar-refractivity contribution is 7.26. The maximum atomic E-state index is 6.91. The number of fused-ring (bicyclic) bond motifs is 15. The van der Waals surface area contributed by atoms with E-state index in [1.165, 1.54) is 59.1 Å². The van der Waals surface area contributed by atoms with E-state index in [1.54, 1.807) is 0 Å². The molecule has 0 saturated carbocycles. The van der Waals surface area contributed by atoms with Crippen molar-refractivity contribution in [2.45, 2.75) is 31.6 Å². The number of nitrogens with zero attached hydrogens (tertiary/aromatic N) is 1. The molecule has 9 aromatic carbocycles. The first kappa shape index (κ1) is 36.3. The van der Waals surface area contributed by atoms with Crippen molar-refractivity contribution >= 4 is 70.5 Å². The number of ether oxygens (including phenoxy) is 1. The van der Waals surface area contributed by atoms with Crippen molar-refractivity contribution in [3.8, 4) is 33.8 Å². The molecule has 0 atom stereocenters. The van der Waals surface area contributed by atoms with Gasteiger partial charge in [-0.1, -0.05) is 148 Å². The van der Waals surface area contributed by atoms with Gasteiger partial charge in [-0.3, -0.25) is 0 Å². The smallest absolute Gasteiger partial charge is 0.137 e. The summed E-state index contributed by atoms with van der Waals surface area (Å²) in [6.45, 7) is 6.76. The van der Waals surface area contributed by atoms with Crippen LogP contribution in [-0.4, -0.2) is 0 Å². The number of anilines is 3. The number of furan rings is 1. The van der Waals surface area contributed by atoms with E-state index in [4.69, 9.17) is 9.15 Å². The van der Waals surface area contributed by atoms with E-state index in [2.05, 4.69) is 220 Å². The molecule has 4 heteroatoms. The Labute approximate surface area is 370 Å². The summed E-state index contributed by atoms with van der Waals surface area (Å²) in [4.78, 5) is 2.45. The number of thiophene rings is 1. The quantitative estimate of drug-likeness (QED) is 0.177. The number of hydrogen-bond donors (Lipinski definition) is 0. The van der Waals surface area contributed by atoms with Crippen LogP contribution < -0.4 is 9.64 Å². The predicted molar refractivity (Wildman–Crippen MR) is 263 cm³/mol. The van der Waals surface area contributed by atoms with Crippen molar-refractivity contribution in [3.05, 3.63) is 222 Å². The van der Waals surface area contributed by atoms with Gasteiger partial charge in [-0.15, -0.1) is 11.3 Å². The zero-order valence-electron chi connectivity index (χ0n) is 35.1. The molecule has 3 nitrogen and oxygen atoms in total. The first-order valence-electron chi connectivity index (χ1n) is 21.7. The molecule has 1 aliphatic carbocycles. The van der Waals surface area contributed by atoms with Crippen molar-refractivity contribution < 1.29 is 9.15 Å². The Bertz CT molecular complexity index is 3620.